The fourth-order valence-corrected chi connectivity index (χ4v) is 4.21. The van der Waals surface area contributed by atoms with Crippen LogP contribution in [0.5, 0.6) is 0 Å². The summed E-state index contributed by atoms with van der Waals surface area (Å²) in [5, 5.41) is 14.4. The van der Waals surface area contributed by atoms with Gasteiger partial charge in [0.1, 0.15) is 12.6 Å². The third kappa shape index (κ3) is 6.35. The fraction of sp³-hybridized carbons (Fsp3) is 0.423. The largest absolute Gasteiger partial charge is 0.481 e. The number of alkyl carbamates (subject to hydrolysis) is 1. The zero-order chi connectivity index (χ0) is 24.7. The maximum absolute atomic E-state index is 12.7. The van der Waals surface area contributed by atoms with Crippen LogP contribution in [-0.2, 0) is 14.3 Å². The predicted molar refractivity (Wildman–Crippen MR) is 130 cm³/mol. The highest BCUT2D eigenvalue weighted by Crippen LogP contribution is 2.44. The Morgan fingerprint density at radius 2 is 1.62 bits per heavy atom. The zero-order valence-corrected chi connectivity index (χ0v) is 19.9. The van der Waals surface area contributed by atoms with E-state index in [0.717, 1.165) is 22.3 Å². The molecule has 0 aliphatic heterocycles. The van der Waals surface area contributed by atoms with E-state index >= 15 is 0 Å². The summed E-state index contributed by atoms with van der Waals surface area (Å²) in [7, 11) is 3.63. The molecule has 182 valence electrons. The summed E-state index contributed by atoms with van der Waals surface area (Å²) in [5.41, 5.74) is 4.53. The van der Waals surface area contributed by atoms with Gasteiger partial charge >= 0.3 is 12.1 Å². The van der Waals surface area contributed by atoms with Crippen molar-refractivity contribution < 1.29 is 24.2 Å². The van der Waals surface area contributed by atoms with Crippen LogP contribution in [-0.4, -0.2) is 67.8 Å². The number of nitrogens with zero attached hydrogens (tertiary/aromatic N) is 1. The first-order chi connectivity index (χ1) is 16.3. The number of carboxylic acids is 1. The standard InChI is InChI=1S/C26H33N3O5/c1-17(25(31)32)9-8-14-27-24(30)23(15-29(2)3)28-26(33)34-16-22-20-12-6-4-10-18(20)19-11-5-7-13-21(19)22/h4-7,10-13,17,22-23H,8-9,14-16H2,1-3H3,(H,27,30)(H,28,33)(H,31,32)/t17?,23-/m0/s1. The van der Waals surface area contributed by atoms with Crippen molar-refractivity contribution in [1.29, 1.82) is 0 Å². The van der Waals surface area contributed by atoms with Crippen molar-refractivity contribution in [1.82, 2.24) is 15.5 Å². The Kier molecular flexibility index (Phi) is 8.65. The van der Waals surface area contributed by atoms with Gasteiger partial charge in [0.05, 0.1) is 5.92 Å². The SMILES string of the molecule is CC(CCCNC(=O)[C@H](CN(C)C)NC(=O)OCC1c2ccccc2-c2ccccc21)C(=O)O. The van der Waals surface area contributed by atoms with E-state index in [1.165, 1.54) is 0 Å². The Hall–Kier alpha value is -3.39. The number of benzene rings is 2. The maximum atomic E-state index is 12.7. The molecule has 0 saturated carbocycles. The molecule has 1 unspecified atom stereocenters. The van der Waals surface area contributed by atoms with E-state index in [2.05, 4.69) is 34.9 Å². The Morgan fingerprint density at radius 3 is 2.18 bits per heavy atom. The van der Waals surface area contributed by atoms with Gasteiger partial charge < -0.3 is 25.4 Å². The molecule has 0 radical (unpaired) electrons. The Labute approximate surface area is 200 Å². The number of carboxylic acid groups (broad SMARTS) is 1. The lowest BCUT2D eigenvalue weighted by atomic mass is 9.98. The molecule has 3 N–H and O–H groups in total. The van der Waals surface area contributed by atoms with Crippen LogP contribution in [0.3, 0.4) is 0 Å². The number of hydrogen-bond acceptors (Lipinski definition) is 5. The van der Waals surface area contributed by atoms with Gasteiger partial charge in [-0.25, -0.2) is 4.79 Å². The van der Waals surface area contributed by atoms with Crippen LogP contribution in [0.1, 0.15) is 36.8 Å². The number of carbonyl (C=O) groups is 3. The number of amides is 2. The van der Waals surface area contributed by atoms with Crippen LogP contribution in [0.25, 0.3) is 11.1 Å². The van der Waals surface area contributed by atoms with E-state index in [9.17, 15) is 14.4 Å². The summed E-state index contributed by atoms with van der Waals surface area (Å²) in [6.07, 6.45) is 0.357. The second-order valence-electron chi connectivity index (χ2n) is 8.96. The van der Waals surface area contributed by atoms with E-state index in [1.807, 2.05) is 38.4 Å². The molecule has 8 heteroatoms. The highest BCUT2D eigenvalue weighted by Gasteiger charge is 2.30. The maximum Gasteiger partial charge on any atom is 0.407 e. The van der Waals surface area contributed by atoms with Crippen LogP contribution < -0.4 is 10.6 Å². The van der Waals surface area contributed by atoms with Gasteiger partial charge in [0.2, 0.25) is 5.91 Å². The van der Waals surface area contributed by atoms with Gasteiger partial charge in [0.25, 0.3) is 0 Å². The lowest BCUT2D eigenvalue weighted by Crippen LogP contribution is -2.52. The van der Waals surface area contributed by atoms with E-state index < -0.39 is 24.0 Å². The Balaban J connectivity index is 1.56. The van der Waals surface area contributed by atoms with Crippen molar-refractivity contribution in [2.45, 2.75) is 31.7 Å². The van der Waals surface area contributed by atoms with Crippen LogP contribution >= 0.6 is 0 Å². The van der Waals surface area contributed by atoms with Crippen molar-refractivity contribution in [2.24, 2.45) is 5.92 Å². The first kappa shape index (κ1) is 25.2. The first-order valence-corrected chi connectivity index (χ1v) is 11.5. The zero-order valence-electron chi connectivity index (χ0n) is 19.9. The molecule has 3 rings (SSSR count). The summed E-state index contributed by atoms with van der Waals surface area (Å²) in [6, 6.07) is 15.4. The summed E-state index contributed by atoms with van der Waals surface area (Å²) in [6.45, 7) is 2.45. The normalized spacial score (nSPS) is 14.1. The summed E-state index contributed by atoms with van der Waals surface area (Å²) in [4.78, 5) is 38.0. The molecular formula is C26H33N3O5. The molecule has 2 atom stereocenters. The first-order valence-electron chi connectivity index (χ1n) is 11.5. The van der Waals surface area contributed by atoms with Gasteiger partial charge in [-0.05, 0) is 49.2 Å². The Bertz CT molecular complexity index is 978. The third-order valence-corrected chi connectivity index (χ3v) is 6.03. The molecule has 1 aliphatic rings. The van der Waals surface area contributed by atoms with E-state index in [4.69, 9.17) is 9.84 Å². The minimum atomic E-state index is -0.853. The second-order valence-corrected chi connectivity index (χ2v) is 8.96. The number of aliphatic carboxylic acids is 1. The average Bonchev–Trinajstić information content (AvgIpc) is 3.13. The van der Waals surface area contributed by atoms with Crippen molar-refractivity contribution in [3.05, 3.63) is 59.7 Å². The molecule has 0 heterocycles. The van der Waals surface area contributed by atoms with Crippen LogP contribution in [0, 0.1) is 5.92 Å². The number of carbonyl (C=O) groups excluding carboxylic acids is 2. The summed E-state index contributed by atoms with van der Waals surface area (Å²) >= 11 is 0. The van der Waals surface area contributed by atoms with Gasteiger partial charge in [-0.15, -0.1) is 0 Å². The van der Waals surface area contributed by atoms with Crippen LogP contribution in [0.15, 0.2) is 48.5 Å². The van der Waals surface area contributed by atoms with Gasteiger partial charge in [0, 0.05) is 19.0 Å². The molecule has 34 heavy (non-hydrogen) atoms. The van der Waals surface area contributed by atoms with E-state index in [-0.39, 0.29) is 18.4 Å². The minimum absolute atomic E-state index is 0.0597. The molecule has 0 fully saturated rings. The van der Waals surface area contributed by atoms with Crippen molar-refractivity contribution in [2.75, 3.05) is 33.8 Å². The van der Waals surface area contributed by atoms with Crippen LogP contribution in [0.4, 0.5) is 4.79 Å². The second kappa shape index (κ2) is 11.7. The highest BCUT2D eigenvalue weighted by atomic mass is 16.5. The number of likely N-dealkylation sites (N-methyl/N-ethyl adjacent to an activating group) is 1. The van der Waals surface area contributed by atoms with E-state index in [1.54, 1.807) is 11.8 Å². The smallest absolute Gasteiger partial charge is 0.407 e. The van der Waals surface area contributed by atoms with Gasteiger partial charge in [-0.2, -0.15) is 0 Å². The number of nitrogens with one attached hydrogen (secondary N) is 2. The summed E-state index contributed by atoms with van der Waals surface area (Å²) < 4.78 is 5.57. The summed E-state index contributed by atoms with van der Waals surface area (Å²) in [5.74, 6) is -1.71. The molecule has 0 bridgehead atoms. The lowest BCUT2D eigenvalue weighted by molar-refractivity contribution is -0.141. The van der Waals surface area contributed by atoms with Crippen LogP contribution in [0.2, 0.25) is 0 Å². The molecular weight excluding hydrogens is 434 g/mol. The Morgan fingerprint density at radius 1 is 1.03 bits per heavy atom. The third-order valence-electron chi connectivity index (χ3n) is 6.03. The molecule has 0 spiro atoms. The number of fused-ring (bicyclic) bond motifs is 3. The lowest BCUT2D eigenvalue weighted by Gasteiger charge is -2.22. The minimum Gasteiger partial charge on any atom is -0.481 e. The average molecular weight is 468 g/mol. The highest BCUT2D eigenvalue weighted by molar-refractivity contribution is 5.86. The number of ether oxygens (including phenoxy) is 1. The van der Waals surface area contributed by atoms with Gasteiger partial charge in [-0.1, -0.05) is 55.5 Å². The van der Waals surface area contributed by atoms with Gasteiger partial charge in [0.15, 0.2) is 0 Å². The number of rotatable bonds is 11. The topological polar surface area (TPSA) is 108 Å². The van der Waals surface area contributed by atoms with Crippen molar-refractivity contribution in [3.8, 4) is 11.1 Å². The van der Waals surface area contributed by atoms with Crippen molar-refractivity contribution in [3.63, 3.8) is 0 Å². The predicted octanol–water partition coefficient (Wildman–Crippen LogP) is 3.07. The fourth-order valence-electron chi connectivity index (χ4n) is 4.21. The van der Waals surface area contributed by atoms with E-state index in [0.29, 0.717) is 25.9 Å². The molecule has 2 amide bonds. The van der Waals surface area contributed by atoms with Gasteiger partial charge in [-0.3, -0.25) is 9.59 Å². The molecule has 2 aromatic rings. The molecule has 1 aliphatic carbocycles. The monoisotopic (exact) mass is 467 g/mol. The quantitative estimate of drug-likeness (QED) is 0.439. The molecule has 0 saturated heterocycles. The van der Waals surface area contributed by atoms with Crippen molar-refractivity contribution >= 4 is 18.0 Å². The number of hydrogen-bond donors (Lipinski definition) is 3. The molecule has 2 aromatic carbocycles. The molecule has 0 aromatic heterocycles. The molecule has 8 nitrogen and oxygen atoms in total.